The largest absolute Gasteiger partial charge is 0.494 e. The molecule has 0 saturated heterocycles. The molecule has 0 saturated carbocycles. The van der Waals surface area contributed by atoms with Gasteiger partial charge in [-0.25, -0.2) is 8.42 Å². The van der Waals surface area contributed by atoms with Crippen molar-refractivity contribution in [2.24, 2.45) is 0 Å². The molecular formula is C33H33Br2N3O5S. The SMILES string of the molecule is CCOc1ccc(N(CC(=O)N(Cc2cccc(Br)c2)[C@H](Cc2ccccc2)C(=O)NC)S(=O)(=O)c2ccc(Br)cc2)cc1. The minimum absolute atomic E-state index is 0.0214. The van der Waals surface area contributed by atoms with Crippen LogP contribution < -0.4 is 14.4 Å². The Bertz CT molecular complexity index is 1670. The molecule has 230 valence electrons. The van der Waals surface area contributed by atoms with E-state index >= 15 is 0 Å². The van der Waals surface area contributed by atoms with Gasteiger partial charge in [-0.15, -0.1) is 0 Å². The molecule has 0 spiro atoms. The zero-order valence-corrected chi connectivity index (χ0v) is 28.3. The summed E-state index contributed by atoms with van der Waals surface area (Å²) in [6.45, 7) is 1.85. The van der Waals surface area contributed by atoms with Crippen LogP contribution in [-0.2, 0) is 32.6 Å². The van der Waals surface area contributed by atoms with Crippen molar-refractivity contribution in [2.75, 3.05) is 24.5 Å². The highest BCUT2D eigenvalue weighted by atomic mass is 79.9. The van der Waals surface area contributed by atoms with Crippen molar-refractivity contribution in [3.63, 3.8) is 0 Å². The maximum Gasteiger partial charge on any atom is 0.264 e. The Kier molecular flexibility index (Phi) is 11.6. The number of sulfonamides is 1. The van der Waals surface area contributed by atoms with Crippen LogP contribution in [0.1, 0.15) is 18.1 Å². The Hall–Kier alpha value is -3.67. The molecule has 0 aliphatic carbocycles. The normalized spacial score (nSPS) is 11.8. The van der Waals surface area contributed by atoms with E-state index < -0.39 is 28.5 Å². The van der Waals surface area contributed by atoms with E-state index in [0.717, 1.165) is 24.4 Å². The van der Waals surface area contributed by atoms with Crippen molar-refractivity contribution >= 4 is 59.4 Å². The predicted molar refractivity (Wildman–Crippen MR) is 179 cm³/mol. The first-order valence-corrected chi connectivity index (χ1v) is 17.0. The number of carbonyl (C=O) groups is 2. The van der Waals surface area contributed by atoms with E-state index in [9.17, 15) is 18.0 Å². The first-order chi connectivity index (χ1) is 21.1. The number of ether oxygens (including phenoxy) is 1. The molecule has 4 aromatic rings. The summed E-state index contributed by atoms with van der Waals surface area (Å²) in [4.78, 5) is 29.2. The molecule has 0 aromatic heterocycles. The molecule has 0 aliphatic rings. The van der Waals surface area contributed by atoms with Crippen LogP contribution in [0.15, 0.2) is 117 Å². The van der Waals surface area contributed by atoms with Gasteiger partial charge in [-0.05, 0) is 78.7 Å². The molecule has 2 amide bonds. The second kappa shape index (κ2) is 15.4. The predicted octanol–water partition coefficient (Wildman–Crippen LogP) is 6.19. The summed E-state index contributed by atoms with van der Waals surface area (Å²) in [5.41, 5.74) is 1.92. The smallest absolute Gasteiger partial charge is 0.264 e. The first-order valence-electron chi connectivity index (χ1n) is 13.9. The summed E-state index contributed by atoms with van der Waals surface area (Å²) in [7, 11) is -2.68. The molecule has 0 aliphatic heterocycles. The van der Waals surface area contributed by atoms with Gasteiger partial charge in [-0.2, -0.15) is 0 Å². The fourth-order valence-electron chi connectivity index (χ4n) is 4.69. The lowest BCUT2D eigenvalue weighted by Crippen LogP contribution is -2.53. The zero-order valence-electron chi connectivity index (χ0n) is 24.3. The van der Waals surface area contributed by atoms with E-state index in [1.165, 1.54) is 24.1 Å². The molecule has 4 aromatic carbocycles. The number of rotatable bonds is 13. The molecule has 1 atom stereocenters. The maximum absolute atomic E-state index is 14.4. The Balaban J connectivity index is 1.78. The van der Waals surface area contributed by atoms with Crippen molar-refractivity contribution in [3.05, 3.63) is 123 Å². The lowest BCUT2D eigenvalue weighted by Gasteiger charge is -2.33. The van der Waals surface area contributed by atoms with Crippen molar-refractivity contribution in [2.45, 2.75) is 30.8 Å². The quantitative estimate of drug-likeness (QED) is 0.176. The number of nitrogens with zero attached hydrogens (tertiary/aromatic N) is 2. The van der Waals surface area contributed by atoms with Crippen LogP contribution in [-0.4, -0.2) is 51.4 Å². The van der Waals surface area contributed by atoms with Crippen LogP contribution in [0.2, 0.25) is 0 Å². The molecule has 0 radical (unpaired) electrons. The maximum atomic E-state index is 14.4. The third-order valence-electron chi connectivity index (χ3n) is 6.88. The van der Waals surface area contributed by atoms with E-state index in [1.807, 2.05) is 61.5 Å². The Morgan fingerprint density at radius 2 is 1.50 bits per heavy atom. The summed E-state index contributed by atoms with van der Waals surface area (Å²) in [6, 6.07) is 28.7. The Labute approximate surface area is 275 Å². The number of amides is 2. The molecule has 4 rings (SSSR count). The number of carbonyl (C=O) groups excluding carboxylic acids is 2. The average Bonchev–Trinajstić information content (AvgIpc) is 3.02. The molecule has 44 heavy (non-hydrogen) atoms. The topological polar surface area (TPSA) is 96.0 Å². The molecule has 0 bridgehead atoms. The minimum Gasteiger partial charge on any atom is -0.494 e. The highest BCUT2D eigenvalue weighted by Crippen LogP contribution is 2.28. The first kappa shape index (κ1) is 33.2. The monoisotopic (exact) mass is 741 g/mol. The lowest BCUT2D eigenvalue weighted by molar-refractivity contribution is -0.139. The van der Waals surface area contributed by atoms with Gasteiger partial charge in [-0.1, -0.05) is 74.3 Å². The Morgan fingerprint density at radius 1 is 0.841 bits per heavy atom. The number of benzene rings is 4. The fourth-order valence-corrected chi connectivity index (χ4v) is 6.82. The van der Waals surface area contributed by atoms with Crippen molar-refractivity contribution in [1.82, 2.24) is 10.2 Å². The summed E-state index contributed by atoms with van der Waals surface area (Å²) >= 11 is 6.84. The van der Waals surface area contributed by atoms with E-state index in [2.05, 4.69) is 37.2 Å². The van der Waals surface area contributed by atoms with E-state index in [1.54, 1.807) is 36.4 Å². The van der Waals surface area contributed by atoms with Gasteiger partial charge in [0, 0.05) is 29.0 Å². The van der Waals surface area contributed by atoms with Crippen molar-refractivity contribution in [1.29, 1.82) is 0 Å². The van der Waals surface area contributed by atoms with Crippen LogP contribution in [0.3, 0.4) is 0 Å². The molecule has 0 unspecified atom stereocenters. The van der Waals surface area contributed by atoms with Crippen molar-refractivity contribution in [3.8, 4) is 5.75 Å². The van der Waals surface area contributed by atoms with Crippen LogP contribution in [0, 0.1) is 0 Å². The van der Waals surface area contributed by atoms with Gasteiger partial charge in [0.25, 0.3) is 10.0 Å². The molecular weight excluding hydrogens is 710 g/mol. The van der Waals surface area contributed by atoms with Gasteiger partial charge in [0.15, 0.2) is 0 Å². The molecule has 8 nitrogen and oxygen atoms in total. The summed E-state index contributed by atoms with van der Waals surface area (Å²) in [6.07, 6.45) is 0.239. The number of anilines is 1. The van der Waals surface area contributed by atoms with Gasteiger partial charge < -0.3 is 15.0 Å². The van der Waals surface area contributed by atoms with Gasteiger partial charge >= 0.3 is 0 Å². The second-order valence-corrected chi connectivity index (χ2v) is 13.6. The highest BCUT2D eigenvalue weighted by Gasteiger charge is 2.34. The van der Waals surface area contributed by atoms with E-state index in [-0.39, 0.29) is 29.5 Å². The number of nitrogens with one attached hydrogen (secondary N) is 1. The fraction of sp³-hybridized carbons (Fsp3) is 0.212. The van der Waals surface area contributed by atoms with Crippen LogP contribution in [0.5, 0.6) is 5.75 Å². The van der Waals surface area contributed by atoms with Gasteiger partial charge in [0.05, 0.1) is 17.2 Å². The minimum atomic E-state index is -4.20. The van der Waals surface area contributed by atoms with Gasteiger partial charge in [0.2, 0.25) is 11.8 Å². The number of hydrogen-bond acceptors (Lipinski definition) is 5. The van der Waals surface area contributed by atoms with Crippen LogP contribution >= 0.6 is 31.9 Å². The van der Waals surface area contributed by atoms with E-state index in [0.29, 0.717) is 12.4 Å². The number of likely N-dealkylation sites (N-methyl/N-ethyl adjacent to an activating group) is 1. The summed E-state index contributed by atoms with van der Waals surface area (Å²) < 4.78 is 36.3. The summed E-state index contributed by atoms with van der Waals surface area (Å²) in [5, 5.41) is 2.69. The third kappa shape index (κ3) is 8.49. The molecule has 0 heterocycles. The van der Waals surface area contributed by atoms with E-state index in [4.69, 9.17) is 4.74 Å². The van der Waals surface area contributed by atoms with Crippen LogP contribution in [0.4, 0.5) is 5.69 Å². The number of hydrogen-bond donors (Lipinski definition) is 1. The second-order valence-electron chi connectivity index (χ2n) is 9.86. The van der Waals surface area contributed by atoms with Crippen molar-refractivity contribution < 1.29 is 22.7 Å². The standard InChI is InChI=1S/C33H33Br2N3O5S/c1-3-43-29-16-14-28(15-17-29)38(44(41,42)30-18-12-26(34)13-19-30)23-32(39)37(22-25-10-7-11-27(35)20-25)31(33(40)36-2)21-24-8-5-4-6-9-24/h4-20,31H,3,21-23H2,1-2H3,(H,36,40)/t31-/m1/s1. The van der Waals surface area contributed by atoms with Crippen LogP contribution in [0.25, 0.3) is 0 Å². The highest BCUT2D eigenvalue weighted by molar-refractivity contribution is 9.10. The zero-order chi connectivity index (χ0) is 31.7. The lowest BCUT2D eigenvalue weighted by atomic mass is 10.0. The van der Waals surface area contributed by atoms with Gasteiger partial charge in [-0.3, -0.25) is 13.9 Å². The van der Waals surface area contributed by atoms with Gasteiger partial charge in [0.1, 0.15) is 18.3 Å². The molecule has 1 N–H and O–H groups in total. The average molecular weight is 744 g/mol. The molecule has 11 heteroatoms. The number of halogens is 2. The summed E-state index contributed by atoms with van der Waals surface area (Å²) in [5.74, 6) is -0.327. The molecule has 0 fully saturated rings. The Morgan fingerprint density at radius 3 is 2.11 bits per heavy atom. The third-order valence-corrected chi connectivity index (χ3v) is 9.69.